The molecule has 1 amide bonds. The lowest BCUT2D eigenvalue weighted by molar-refractivity contribution is -0.142. The van der Waals surface area contributed by atoms with Crippen LogP contribution in [-0.2, 0) is 20.9 Å². The lowest BCUT2D eigenvalue weighted by Crippen LogP contribution is -2.41. The molecule has 0 N–H and O–H groups in total. The van der Waals surface area contributed by atoms with Crippen LogP contribution in [0, 0.1) is 0 Å². The van der Waals surface area contributed by atoms with E-state index in [1.54, 1.807) is 0 Å². The monoisotopic (exact) mass is 275 g/mol. The first kappa shape index (κ1) is 14.1. The van der Waals surface area contributed by atoms with E-state index in [9.17, 15) is 9.59 Å². The van der Waals surface area contributed by atoms with Crippen LogP contribution in [0.3, 0.4) is 0 Å². The Kier molecular flexibility index (Phi) is 4.76. The number of likely N-dealkylation sites (tertiary alicyclic amines) is 1. The summed E-state index contributed by atoms with van der Waals surface area (Å²) >= 11 is 0. The second-order valence-corrected chi connectivity index (χ2v) is 4.50. The summed E-state index contributed by atoms with van der Waals surface area (Å²) in [5, 5.41) is 0. The van der Waals surface area contributed by atoms with Gasteiger partial charge in [0, 0.05) is 6.54 Å². The van der Waals surface area contributed by atoms with Crippen LogP contribution >= 0.6 is 0 Å². The summed E-state index contributed by atoms with van der Waals surface area (Å²) in [5.74, 6) is -0.464. The summed E-state index contributed by atoms with van der Waals surface area (Å²) in [6, 6.07) is 8.83. The molecule has 1 aliphatic heterocycles. The number of benzene rings is 1. The van der Waals surface area contributed by atoms with E-state index >= 15 is 0 Å². The van der Waals surface area contributed by atoms with Crippen molar-refractivity contribution in [2.24, 2.45) is 0 Å². The highest BCUT2D eigenvalue weighted by Gasteiger charge is 2.36. The minimum absolute atomic E-state index is 0.194. The molecule has 0 bridgehead atoms. The van der Waals surface area contributed by atoms with E-state index in [1.807, 2.05) is 30.3 Å². The highest BCUT2D eigenvalue weighted by molar-refractivity contribution is 5.82. The van der Waals surface area contributed by atoms with Gasteiger partial charge in [0.2, 0.25) is 0 Å². The van der Waals surface area contributed by atoms with Gasteiger partial charge in [0.15, 0.2) is 0 Å². The lowest BCUT2D eigenvalue weighted by Gasteiger charge is -2.21. The van der Waals surface area contributed by atoms with Gasteiger partial charge in [-0.1, -0.05) is 36.9 Å². The van der Waals surface area contributed by atoms with Gasteiger partial charge in [0.25, 0.3) is 0 Å². The molecule has 1 heterocycles. The summed E-state index contributed by atoms with van der Waals surface area (Å²) in [4.78, 5) is 25.1. The van der Waals surface area contributed by atoms with Gasteiger partial charge < -0.3 is 9.47 Å². The molecule has 1 fully saturated rings. The Hall–Kier alpha value is -2.30. The fourth-order valence-corrected chi connectivity index (χ4v) is 2.19. The molecule has 20 heavy (non-hydrogen) atoms. The first-order chi connectivity index (χ1) is 9.72. The first-order valence-electron chi connectivity index (χ1n) is 6.51. The Bertz CT molecular complexity index is 486. The number of nitrogens with zero attached hydrogens (tertiary/aromatic N) is 1. The van der Waals surface area contributed by atoms with Crippen LogP contribution in [0.25, 0.3) is 0 Å². The Morgan fingerprint density at radius 3 is 2.80 bits per heavy atom. The van der Waals surface area contributed by atoms with Gasteiger partial charge in [-0.15, -0.1) is 0 Å². The van der Waals surface area contributed by atoms with Crippen molar-refractivity contribution in [1.82, 2.24) is 4.90 Å². The predicted octanol–water partition coefficient (Wildman–Crippen LogP) is 2.47. The van der Waals surface area contributed by atoms with E-state index in [-0.39, 0.29) is 6.61 Å². The van der Waals surface area contributed by atoms with Crippen LogP contribution in [0.2, 0.25) is 0 Å². The zero-order chi connectivity index (χ0) is 14.4. The standard InChI is InChI=1S/C15H17NO4/c1-2-19-14(17)13-9-6-10-16(13)15(18)20-11-12-7-4-3-5-8-12/h2-5,7-8,13H,1,6,9-11H2/t13-/m0/s1. The van der Waals surface area contributed by atoms with E-state index < -0.39 is 18.1 Å². The predicted molar refractivity (Wildman–Crippen MR) is 72.6 cm³/mol. The molecule has 1 aromatic carbocycles. The Morgan fingerprint density at radius 2 is 2.10 bits per heavy atom. The van der Waals surface area contributed by atoms with E-state index in [0.717, 1.165) is 18.2 Å². The number of ether oxygens (including phenoxy) is 2. The molecule has 1 atom stereocenters. The van der Waals surface area contributed by atoms with Crippen molar-refractivity contribution < 1.29 is 19.1 Å². The zero-order valence-corrected chi connectivity index (χ0v) is 11.2. The van der Waals surface area contributed by atoms with Crippen LogP contribution in [-0.4, -0.2) is 29.5 Å². The number of hydrogen-bond donors (Lipinski definition) is 0. The molecule has 106 valence electrons. The summed E-state index contributed by atoms with van der Waals surface area (Å²) in [5.41, 5.74) is 0.908. The second kappa shape index (κ2) is 6.75. The minimum atomic E-state index is -0.573. The summed E-state index contributed by atoms with van der Waals surface area (Å²) in [6.45, 7) is 4.04. The van der Waals surface area contributed by atoms with Crippen molar-refractivity contribution >= 4 is 12.1 Å². The average molecular weight is 275 g/mol. The van der Waals surface area contributed by atoms with E-state index in [1.165, 1.54) is 4.90 Å². The highest BCUT2D eigenvalue weighted by Crippen LogP contribution is 2.20. The fourth-order valence-electron chi connectivity index (χ4n) is 2.19. The van der Waals surface area contributed by atoms with Crippen LogP contribution in [0.5, 0.6) is 0 Å². The van der Waals surface area contributed by atoms with Gasteiger partial charge in [-0.25, -0.2) is 9.59 Å². The number of carbonyl (C=O) groups excluding carboxylic acids is 2. The third kappa shape index (κ3) is 3.38. The first-order valence-corrected chi connectivity index (χ1v) is 6.51. The number of carbonyl (C=O) groups is 2. The van der Waals surface area contributed by atoms with Crippen LogP contribution < -0.4 is 0 Å². The SMILES string of the molecule is C=COC(=O)[C@@H]1CCCN1C(=O)OCc1ccccc1. The summed E-state index contributed by atoms with van der Waals surface area (Å²) in [6.07, 6.45) is 1.94. The number of esters is 1. The van der Waals surface area contributed by atoms with E-state index in [4.69, 9.17) is 9.47 Å². The number of rotatable bonds is 4. The fraction of sp³-hybridized carbons (Fsp3) is 0.333. The molecule has 1 aliphatic rings. The van der Waals surface area contributed by atoms with Gasteiger partial charge in [0.05, 0.1) is 6.26 Å². The van der Waals surface area contributed by atoms with Crippen molar-refractivity contribution in [1.29, 1.82) is 0 Å². The largest absolute Gasteiger partial charge is 0.445 e. The maximum absolute atomic E-state index is 12.0. The zero-order valence-electron chi connectivity index (χ0n) is 11.2. The highest BCUT2D eigenvalue weighted by atomic mass is 16.6. The van der Waals surface area contributed by atoms with Gasteiger partial charge >= 0.3 is 12.1 Å². The number of hydrogen-bond acceptors (Lipinski definition) is 4. The summed E-state index contributed by atoms with van der Waals surface area (Å²) < 4.78 is 9.97. The topological polar surface area (TPSA) is 55.8 Å². The van der Waals surface area contributed by atoms with Gasteiger partial charge in [-0.05, 0) is 18.4 Å². The Labute approximate surface area is 117 Å². The van der Waals surface area contributed by atoms with Gasteiger partial charge in [-0.2, -0.15) is 0 Å². The van der Waals surface area contributed by atoms with Crippen LogP contribution in [0.1, 0.15) is 18.4 Å². The van der Waals surface area contributed by atoms with Crippen LogP contribution in [0.15, 0.2) is 43.2 Å². The normalized spacial score (nSPS) is 17.6. The van der Waals surface area contributed by atoms with Gasteiger partial charge in [-0.3, -0.25) is 4.90 Å². The van der Waals surface area contributed by atoms with Crippen molar-refractivity contribution in [3.05, 3.63) is 48.7 Å². The maximum atomic E-state index is 12.0. The van der Waals surface area contributed by atoms with Crippen molar-refractivity contribution in [3.8, 4) is 0 Å². The van der Waals surface area contributed by atoms with Gasteiger partial charge in [0.1, 0.15) is 12.6 Å². The molecule has 0 aromatic heterocycles. The molecule has 5 nitrogen and oxygen atoms in total. The molecule has 1 aromatic rings. The lowest BCUT2D eigenvalue weighted by atomic mass is 10.2. The third-order valence-corrected chi connectivity index (χ3v) is 3.16. The van der Waals surface area contributed by atoms with E-state index in [0.29, 0.717) is 13.0 Å². The van der Waals surface area contributed by atoms with Crippen molar-refractivity contribution in [2.75, 3.05) is 6.54 Å². The molecule has 0 aliphatic carbocycles. The Morgan fingerprint density at radius 1 is 1.35 bits per heavy atom. The Balaban J connectivity index is 1.91. The quantitative estimate of drug-likeness (QED) is 0.625. The van der Waals surface area contributed by atoms with Crippen LogP contribution in [0.4, 0.5) is 4.79 Å². The molecule has 0 radical (unpaired) electrons. The van der Waals surface area contributed by atoms with Crippen molar-refractivity contribution in [3.63, 3.8) is 0 Å². The van der Waals surface area contributed by atoms with E-state index in [2.05, 4.69) is 6.58 Å². The minimum Gasteiger partial charge on any atom is -0.445 e. The third-order valence-electron chi connectivity index (χ3n) is 3.16. The second-order valence-electron chi connectivity index (χ2n) is 4.50. The number of amides is 1. The maximum Gasteiger partial charge on any atom is 0.410 e. The molecule has 5 heteroatoms. The average Bonchev–Trinajstić information content (AvgIpc) is 2.96. The van der Waals surface area contributed by atoms with Crippen molar-refractivity contribution in [2.45, 2.75) is 25.5 Å². The molecular weight excluding hydrogens is 258 g/mol. The molecule has 0 unspecified atom stereocenters. The molecule has 0 saturated carbocycles. The molecular formula is C15H17NO4. The molecule has 2 rings (SSSR count). The smallest absolute Gasteiger partial charge is 0.410 e. The molecule has 0 spiro atoms. The summed E-state index contributed by atoms with van der Waals surface area (Å²) in [7, 11) is 0. The molecule has 1 saturated heterocycles.